The van der Waals surface area contributed by atoms with E-state index in [1.807, 2.05) is 38.1 Å². The van der Waals surface area contributed by atoms with Gasteiger partial charge in [-0.3, -0.25) is 0 Å². The van der Waals surface area contributed by atoms with Gasteiger partial charge in [0.2, 0.25) is 0 Å². The number of aliphatic hydroxyl groups excluding tert-OH is 2. The summed E-state index contributed by atoms with van der Waals surface area (Å²) >= 11 is 0. The van der Waals surface area contributed by atoms with Crippen molar-refractivity contribution >= 4 is 0 Å². The van der Waals surface area contributed by atoms with Crippen LogP contribution in [0.1, 0.15) is 54.4 Å². The molecule has 2 aromatic rings. The van der Waals surface area contributed by atoms with Crippen LogP contribution in [0.3, 0.4) is 0 Å². The largest absolute Gasteiger partial charge is 0.394 e. The van der Waals surface area contributed by atoms with Crippen molar-refractivity contribution < 1.29 is 30.6 Å². The monoisotopic (exact) mass is 454 g/mol. The Balaban J connectivity index is 1.91. The normalized spacial score (nSPS) is 38.1. The molecule has 0 aromatic heterocycles. The van der Waals surface area contributed by atoms with E-state index in [0.29, 0.717) is 11.1 Å². The SMILES string of the molecule is C=CCC1(O)C(c2ccc(CC)cc2)[C@]2(O)[C@](O)([C@H](O)CO)C(c3ccc(CC)cc3)[C@]12O. The van der Waals surface area contributed by atoms with Crippen LogP contribution < -0.4 is 0 Å². The van der Waals surface area contributed by atoms with Gasteiger partial charge in [0.05, 0.1) is 18.4 Å². The summed E-state index contributed by atoms with van der Waals surface area (Å²) in [5.41, 5.74) is -5.57. The zero-order valence-electron chi connectivity index (χ0n) is 19.1. The average molecular weight is 455 g/mol. The molecule has 2 fully saturated rings. The molecule has 2 aliphatic rings. The van der Waals surface area contributed by atoms with Crippen molar-refractivity contribution in [1.82, 2.24) is 0 Å². The fourth-order valence-electron chi connectivity index (χ4n) is 6.49. The molecule has 3 unspecified atom stereocenters. The summed E-state index contributed by atoms with van der Waals surface area (Å²) in [7, 11) is 0. The van der Waals surface area contributed by atoms with Crippen LogP contribution in [0, 0.1) is 0 Å². The van der Waals surface area contributed by atoms with Crippen molar-refractivity contribution in [2.75, 3.05) is 6.61 Å². The first-order chi connectivity index (χ1) is 15.6. The highest BCUT2D eigenvalue weighted by Crippen LogP contribution is 2.80. The van der Waals surface area contributed by atoms with E-state index in [1.165, 1.54) is 6.08 Å². The van der Waals surface area contributed by atoms with Gasteiger partial charge in [0.1, 0.15) is 28.5 Å². The van der Waals surface area contributed by atoms with Crippen molar-refractivity contribution in [3.8, 4) is 0 Å². The van der Waals surface area contributed by atoms with E-state index < -0.39 is 47.0 Å². The van der Waals surface area contributed by atoms with Crippen LogP contribution in [0.5, 0.6) is 0 Å². The maximum absolute atomic E-state index is 11.9. The molecule has 2 saturated carbocycles. The van der Waals surface area contributed by atoms with Gasteiger partial charge in [0.25, 0.3) is 0 Å². The molecule has 0 aliphatic heterocycles. The molecule has 178 valence electrons. The van der Waals surface area contributed by atoms with Crippen LogP contribution in [0.25, 0.3) is 0 Å². The Bertz CT molecular complexity index is 1020. The smallest absolute Gasteiger partial charge is 0.138 e. The highest BCUT2D eigenvalue weighted by Gasteiger charge is 2.98. The third kappa shape index (κ3) is 2.71. The van der Waals surface area contributed by atoms with Crippen molar-refractivity contribution in [3.63, 3.8) is 0 Å². The second-order valence-corrected chi connectivity index (χ2v) is 9.53. The standard InChI is InChI=1S/C27H34O6/c1-4-15-24(30)22(19-11-7-17(5-2)8-12-19)27(33)25(31,21(29)16-28)23(26(24,27)32)20-13-9-18(6-3)10-14-20/h4,7-14,21-23,28-33H,1,5-6,15-16H2,2-3H3/t21-,22?,23?,24?,25+,26+,27+/m1/s1. The minimum atomic E-state index is -2.30. The van der Waals surface area contributed by atoms with E-state index >= 15 is 0 Å². The fourth-order valence-corrected chi connectivity index (χ4v) is 6.49. The third-order valence-corrected chi connectivity index (χ3v) is 8.18. The van der Waals surface area contributed by atoms with Crippen LogP contribution >= 0.6 is 0 Å². The Labute approximate surface area is 194 Å². The van der Waals surface area contributed by atoms with Crippen molar-refractivity contribution in [3.05, 3.63) is 83.4 Å². The van der Waals surface area contributed by atoms with Gasteiger partial charge in [-0.15, -0.1) is 6.58 Å². The zero-order chi connectivity index (χ0) is 24.2. The maximum Gasteiger partial charge on any atom is 0.138 e. The number of benzene rings is 2. The van der Waals surface area contributed by atoms with Crippen molar-refractivity contribution in [2.24, 2.45) is 0 Å². The first kappa shape index (κ1) is 24.1. The minimum absolute atomic E-state index is 0.0408. The molecule has 0 bridgehead atoms. The molecule has 6 nitrogen and oxygen atoms in total. The van der Waals surface area contributed by atoms with Crippen LogP contribution in [0.4, 0.5) is 0 Å². The highest BCUT2D eigenvalue weighted by molar-refractivity contribution is 5.59. The molecule has 0 spiro atoms. The molecule has 2 aromatic carbocycles. The number of fused-ring (bicyclic) bond motifs is 1. The lowest BCUT2D eigenvalue weighted by Crippen LogP contribution is -3.03. The van der Waals surface area contributed by atoms with E-state index in [9.17, 15) is 30.6 Å². The first-order valence-electron chi connectivity index (χ1n) is 11.6. The quantitative estimate of drug-likeness (QED) is 0.337. The van der Waals surface area contributed by atoms with Crippen molar-refractivity contribution in [1.29, 1.82) is 0 Å². The van der Waals surface area contributed by atoms with E-state index in [0.717, 1.165) is 24.0 Å². The van der Waals surface area contributed by atoms with Gasteiger partial charge in [-0.05, 0) is 41.5 Å². The molecule has 0 heterocycles. The second-order valence-electron chi connectivity index (χ2n) is 9.53. The van der Waals surface area contributed by atoms with Gasteiger partial charge in [-0.25, -0.2) is 0 Å². The second kappa shape index (κ2) is 8.01. The number of hydrogen-bond acceptors (Lipinski definition) is 6. The summed E-state index contributed by atoms with van der Waals surface area (Å²) in [4.78, 5) is 0. The van der Waals surface area contributed by atoms with Gasteiger partial charge >= 0.3 is 0 Å². The molecular formula is C27H34O6. The maximum atomic E-state index is 11.9. The molecule has 7 atom stereocenters. The van der Waals surface area contributed by atoms with Gasteiger partial charge in [0.15, 0.2) is 0 Å². The highest BCUT2D eigenvalue weighted by atomic mass is 16.5. The molecule has 4 rings (SSSR count). The van der Waals surface area contributed by atoms with Crippen LogP contribution in [-0.2, 0) is 12.8 Å². The molecular weight excluding hydrogens is 420 g/mol. The third-order valence-electron chi connectivity index (χ3n) is 8.18. The Morgan fingerprint density at radius 3 is 1.67 bits per heavy atom. The summed E-state index contributed by atoms with van der Waals surface area (Å²) < 4.78 is 0. The summed E-state index contributed by atoms with van der Waals surface area (Å²) in [6.45, 7) is 6.91. The Morgan fingerprint density at radius 1 is 0.818 bits per heavy atom. The lowest BCUT2D eigenvalue weighted by molar-refractivity contribution is -0.488. The number of aryl methyl sites for hydroxylation is 2. The van der Waals surface area contributed by atoms with Crippen LogP contribution in [-0.4, -0.2) is 65.8 Å². The van der Waals surface area contributed by atoms with Crippen LogP contribution in [0.15, 0.2) is 61.2 Å². The van der Waals surface area contributed by atoms with Gasteiger partial charge in [-0.2, -0.15) is 0 Å². The van der Waals surface area contributed by atoms with E-state index in [2.05, 4.69) is 6.58 Å². The summed E-state index contributed by atoms with van der Waals surface area (Å²) in [6, 6.07) is 14.4. The fraction of sp³-hybridized carbons (Fsp3) is 0.481. The lowest BCUT2D eigenvalue weighted by atomic mass is 9.25. The Morgan fingerprint density at radius 2 is 1.27 bits per heavy atom. The van der Waals surface area contributed by atoms with Gasteiger partial charge in [-0.1, -0.05) is 68.5 Å². The lowest BCUT2D eigenvalue weighted by Gasteiger charge is -2.84. The predicted octanol–water partition coefficient (Wildman–Crippen LogP) is 1.56. The van der Waals surface area contributed by atoms with Gasteiger partial charge in [0, 0.05) is 0 Å². The topological polar surface area (TPSA) is 121 Å². The van der Waals surface area contributed by atoms with E-state index in [-0.39, 0.29) is 6.42 Å². The Kier molecular flexibility index (Phi) is 5.85. The molecule has 0 saturated heterocycles. The molecule has 33 heavy (non-hydrogen) atoms. The minimum Gasteiger partial charge on any atom is -0.394 e. The molecule has 0 amide bonds. The predicted molar refractivity (Wildman–Crippen MR) is 125 cm³/mol. The summed E-state index contributed by atoms with van der Waals surface area (Å²) in [5, 5.41) is 68.0. The summed E-state index contributed by atoms with van der Waals surface area (Å²) in [5.74, 6) is -2.35. The van der Waals surface area contributed by atoms with E-state index in [1.54, 1.807) is 24.3 Å². The van der Waals surface area contributed by atoms with E-state index in [4.69, 9.17) is 0 Å². The Hall–Kier alpha value is -2.06. The first-order valence-corrected chi connectivity index (χ1v) is 11.6. The summed E-state index contributed by atoms with van der Waals surface area (Å²) in [6.07, 6.45) is 1.28. The number of hydrogen-bond donors (Lipinski definition) is 6. The number of rotatable bonds is 8. The van der Waals surface area contributed by atoms with Gasteiger partial charge < -0.3 is 30.6 Å². The number of aliphatic hydroxyl groups is 6. The molecule has 2 aliphatic carbocycles. The average Bonchev–Trinajstić information content (AvgIpc) is 2.84. The van der Waals surface area contributed by atoms with Crippen molar-refractivity contribution in [2.45, 2.75) is 73.5 Å². The molecule has 6 heteroatoms. The van der Waals surface area contributed by atoms with Crippen LogP contribution in [0.2, 0.25) is 0 Å². The molecule has 0 radical (unpaired) electrons. The zero-order valence-corrected chi connectivity index (χ0v) is 19.1. The molecule has 6 N–H and O–H groups in total.